The highest BCUT2D eigenvalue weighted by molar-refractivity contribution is 7.86. The van der Waals surface area contributed by atoms with Crippen LogP contribution < -0.4 is 5.32 Å². The molecular formula is C21H32Cl3NO7S. The van der Waals surface area contributed by atoms with Gasteiger partial charge in [-0.1, -0.05) is 65.3 Å². The summed E-state index contributed by atoms with van der Waals surface area (Å²) in [7, 11) is -3.92. The van der Waals surface area contributed by atoms with E-state index in [1.807, 2.05) is 6.92 Å². The predicted molar refractivity (Wildman–Crippen MR) is 128 cm³/mol. The molecule has 0 aromatic heterocycles. The Morgan fingerprint density at radius 2 is 1.67 bits per heavy atom. The molecule has 0 saturated carbocycles. The lowest BCUT2D eigenvalue weighted by atomic mass is 10.2. The number of carbonyl (C=O) groups excluding carboxylic acids is 1. The fourth-order valence-corrected chi connectivity index (χ4v) is 3.46. The van der Waals surface area contributed by atoms with Crippen LogP contribution in [-0.2, 0) is 23.8 Å². The van der Waals surface area contributed by atoms with Crippen LogP contribution in [0.1, 0.15) is 45.1 Å². The number of alkyl halides is 3. The van der Waals surface area contributed by atoms with Gasteiger partial charge in [-0.2, -0.15) is 8.42 Å². The minimum Gasteiger partial charge on any atom is -0.439 e. The van der Waals surface area contributed by atoms with Gasteiger partial charge in [-0.3, -0.25) is 4.18 Å². The maximum atomic E-state index is 12.1. The van der Waals surface area contributed by atoms with E-state index in [4.69, 9.17) is 48.5 Å². The molecule has 1 amide bonds. The number of aliphatic hydroxyl groups excluding tert-OH is 1. The SMILES string of the molecule is Cc1ccc(S(=O)(=O)OC[C@H](O)COCCCCCCNC(=O)OC(C)(C)C(Cl)(Cl)Cl)cc1. The van der Waals surface area contributed by atoms with Crippen molar-refractivity contribution < 1.29 is 32.0 Å². The Balaban J connectivity index is 2.08. The molecule has 0 radical (unpaired) electrons. The van der Waals surface area contributed by atoms with Crippen molar-refractivity contribution in [1.29, 1.82) is 0 Å². The van der Waals surface area contributed by atoms with Crippen molar-refractivity contribution in [3.05, 3.63) is 29.8 Å². The van der Waals surface area contributed by atoms with Crippen molar-refractivity contribution >= 4 is 51.0 Å². The zero-order chi connectivity index (χ0) is 25.1. The van der Waals surface area contributed by atoms with E-state index in [2.05, 4.69) is 5.32 Å². The maximum absolute atomic E-state index is 12.1. The molecule has 8 nitrogen and oxygen atoms in total. The van der Waals surface area contributed by atoms with Crippen LogP contribution in [0.3, 0.4) is 0 Å². The van der Waals surface area contributed by atoms with Crippen molar-refractivity contribution in [2.75, 3.05) is 26.4 Å². The summed E-state index contributed by atoms with van der Waals surface area (Å²) in [5.74, 6) is 0. The molecule has 0 heterocycles. The number of aryl methyl sites for hydroxylation is 1. The third-order valence-corrected chi connectivity index (χ3v) is 7.21. The van der Waals surface area contributed by atoms with Gasteiger partial charge >= 0.3 is 6.09 Å². The highest BCUT2D eigenvalue weighted by atomic mass is 35.6. The second-order valence-electron chi connectivity index (χ2n) is 8.02. The molecule has 0 aliphatic rings. The van der Waals surface area contributed by atoms with Crippen LogP contribution in [-0.4, -0.2) is 61.5 Å². The summed E-state index contributed by atoms with van der Waals surface area (Å²) in [5.41, 5.74) is -0.332. The number of rotatable bonds is 14. The second-order valence-corrected chi connectivity index (χ2v) is 11.9. The van der Waals surface area contributed by atoms with Crippen LogP contribution in [0.2, 0.25) is 0 Å². The van der Waals surface area contributed by atoms with E-state index < -0.39 is 31.7 Å². The van der Waals surface area contributed by atoms with Crippen LogP contribution >= 0.6 is 34.8 Å². The van der Waals surface area contributed by atoms with Gasteiger partial charge in [0.2, 0.25) is 3.79 Å². The number of unbranched alkanes of at least 4 members (excludes halogenated alkanes) is 3. The predicted octanol–water partition coefficient (Wildman–Crippen LogP) is 4.51. The average Bonchev–Trinajstić information content (AvgIpc) is 2.70. The molecule has 0 fully saturated rings. The number of nitrogens with one attached hydrogen (secondary N) is 1. The largest absolute Gasteiger partial charge is 0.439 e. The van der Waals surface area contributed by atoms with Gasteiger partial charge in [-0.15, -0.1) is 0 Å². The first kappa shape index (κ1) is 30.2. The Morgan fingerprint density at radius 1 is 1.06 bits per heavy atom. The van der Waals surface area contributed by atoms with Gasteiger partial charge < -0.3 is 19.9 Å². The van der Waals surface area contributed by atoms with Crippen LogP contribution in [0.5, 0.6) is 0 Å². The quantitative estimate of drug-likeness (QED) is 0.200. The molecular weight excluding hydrogens is 517 g/mol. The van der Waals surface area contributed by atoms with E-state index in [1.54, 1.807) is 12.1 Å². The Hall–Kier alpha value is -0.810. The Kier molecular flexibility index (Phi) is 12.7. The van der Waals surface area contributed by atoms with Crippen LogP contribution in [0.15, 0.2) is 29.2 Å². The van der Waals surface area contributed by atoms with Gasteiger partial charge in [0, 0.05) is 13.2 Å². The summed E-state index contributed by atoms with van der Waals surface area (Å²) in [4.78, 5) is 11.8. The molecule has 0 spiro atoms. The average molecular weight is 549 g/mol. The fraction of sp³-hybridized carbons (Fsp3) is 0.667. The lowest BCUT2D eigenvalue weighted by molar-refractivity contribution is 0.0122. The molecule has 1 aromatic carbocycles. The number of carbonyl (C=O) groups is 1. The molecule has 12 heteroatoms. The Morgan fingerprint density at radius 3 is 2.27 bits per heavy atom. The van der Waals surface area contributed by atoms with Crippen molar-refractivity contribution in [1.82, 2.24) is 5.32 Å². The van der Waals surface area contributed by atoms with E-state index in [1.165, 1.54) is 26.0 Å². The van der Waals surface area contributed by atoms with Gasteiger partial charge in [-0.05, 0) is 45.7 Å². The maximum Gasteiger partial charge on any atom is 0.407 e. The first-order valence-corrected chi connectivity index (χ1v) is 13.0. The van der Waals surface area contributed by atoms with Gasteiger partial charge in [0.15, 0.2) is 5.60 Å². The molecule has 0 bridgehead atoms. The monoisotopic (exact) mass is 547 g/mol. The van der Waals surface area contributed by atoms with E-state index in [0.717, 1.165) is 31.2 Å². The number of halogens is 3. The van der Waals surface area contributed by atoms with E-state index >= 15 is 0 Å². The van der Waals surface area contributed by atoms with E-state index in [9.17, 15) is 18.3 Å². The number of alkyl carbamates (subject to hydrolysis) is 1. The topological polar surface area (TPSA) is 111 Å². The lowest BCUT2D eigenvalue weighted by Crippen LogP contribution is -2.44. The number of amides is 1. The van der Waals surface area contributed by atoms with Gasteiger partial charge in [0.1, 0.15) is 6.10 Å². The van der Waals surface area contributed by atoms with Crippen LogP contribution in [0.25, 0.3) is 0 Å². The third kappa shape index (κ3) is 11.9. The number of aliphatic hydroxyl groups is 1. The number of benzene rings is 1. The lowest BCUT2D eigenvalue weighted by Gasteiger charge is -2.31. The molecule has 190 valence electrons. The Labute approximate surface area is 210 Å². The van der Waals surface area contributed by atoms with Gasteiger partial charge in [0.25, 0.3) is 10.1 Å². The third-order valence-electron chi connectivity index (χ3n) is 4.55. The fourth-order valence-electron chi connectivity index (χ4n) is 2.41. The molecule has 1 aromatic rings. The highest BCUT2D eigenvalue weighted by Gasteiger charge is 2.44. The molecule has 0 aliphatic heterocycles. The van der Waals surface area contributed by atoms with Gasteiger partial charge in [0.05, 0.1) is 18.1 Å². The first-order valence-electron chi connectivity index (χ1n) is 10.5. The standard InChI is InChI=1S/C21H32Cl3NO7S/c1-16-8-10-18(11-9-16)33(28,29)31-15-17(26)14-30-13-7-5-4-6-12-25-19(27)32-20(2,3)21(22,23)24/h8-11,17,26H,4-7,12-15H2,1-3H3,(H,25,27)/t17-/m1/s1. The molecule has 2 N–H and O–H groups in total. The van der Waals surface area contributed by atoms with Crippen molar-refractivity contribution in [2.45, 2.75) is 66.8 Å². The Bertz CT molecular complexity index is 827. The van der Waals surface area contributed by atoms with E-state index in [0.29, 0.717) is 13.2 Å². The number of ether oxygens (including phenoxy) is 2. The van der Waals surface area contributed by atoms with Crippen molar-refractivity contribution in [2.24, 2.45) is 0 Å². The second kappa shape index (κ2) is 13.9. The zero-order valence-electron chi connectivity index (χ0n) is 19.0. The number of hydrogen-bond acceptors (Lipinski definition) is 7. The molecule has 0 aliphatic carbocycles. The summed E-state index contributed by atoms with van der Waals surface area (Å²) < 4.78 is 37.8. The first-order chi connectivity index (χ1) is 15.2. The minimum absolute atomic E-state index is 0.0319. The van der Waals surface area contributed by atoms with Crippen LogP contribution in [0, 0.1) is 6.92 Å². The number of hydrogen-bond donors (Lipinski definition) is 2. The van der Waals surface area contributed by atoms with Crippen LogP contribution in [0.4, 0.5) is 4.79 Å². The summed E-state index contributed by atoms with van der Waals surface area (Å²) in [5, 5.41) is 12.5. The summed E-state index contributed by atoms with van der Waals surface area (Å²) in [6.45, 7) is 5.28. The molecule has 1 rings (SSSR count). The molecule has 0 unspecified atom stereocenters. The van der Waals surface area contributed by atoms with Gasteiger partial charge in [-0.25, -0.2) is 4.79 Å². The van der Waals surface area contributed by atoms with Crippen molar-refractivity contribution in [3.63, 3.8) is 0 Å². The van der Waals surface area contributed by atoms with E-state index in [-0.39, 0.29) is 18.1 Å². The smallest absolute Gasteiger partial charge is 0.407 e. The molecule has 33 heavy (non-hydrogen) atoms. The summed E-state index contributed by atoms with van der Waals surface area (Å²) in [6.07, 6.45) is 1.46. The zero-order valence-corrected chi connectivity index (χ0v) is 22.1. The normalized spacial score (nSPS) is 13.5. The summed E-state index contributed by atoms with van der Waals surface area (Å²) in [6, 6.07) is 6.25. The molecule has 0 saturated heterocycles. The van der Waals surface area contributed by atoms with Crippen molar-refractivity contribution in [3.8, 4) is 0 Å². The molecule has 1 atom stereocenters. The minimum atomic E-state index is -3.92. The summed E-state index contributed by atoms with van der Waals surface area (Å²) >= 11 is 17.3. The highest BCUT2D eigenvalue weighted by Crippen LogP contribution is 2.40.